The van der Waals surface area contributed by atoms with Crippen LogP contribution in [-0.2, 0) is 14.2 Å². The Hall–Kier alpha value is -0.160. The first kappa shape index (κ1) is 16.9. The molecule has 4 nitrogen and oxygen atoms in total. The first-order valence-electron chi connectivity index (χ1n) is 7.63. The molecule has 0 heterocycles. The van der Waals surface area contributed by atoms with Crippen LogP contribution in [0.2, 0.25) is 0 Å². The maximum absolute atomic E-state index is 9.70. The summed E-state index contributed by atoms with van der Waals surface area (Å²) in [6.45, 7) is 6.30. The van der Waals surface area contributed by atoms with Crippen molar-refractivity contribution in [1.82, 2.24) is 0 Å². The van der Waals surface area contributed by atoms with E-state index in [1.54, 1.807) is 7.11 Å². The molecule has 1 aliphatic rings. The number of rotatable bonds is 11. The topological polar surface area (TPSA) is 47.9 Å². The summed E-state index contributed by atoms with van der Waals surface area (Å²) in [7, 11) is 1.65. The lowest BCUT2D eigenvalue weighted by Gasteiger charge is -2.41. The van der Waals surface area contributed by atoms with Crippen molar-refractivity contribution in [2.45, 2.75) is 64.3 Å². The molecule has 114 valence electrons. The summed E-state index contributed by atoms with van der Waals surface area (Å²) in [6.07, 6.45) is 5.10. The van der Waals surface area contributed by atoms with E-state index in [1.165, 1.54) is 19.3 Å². The van der Waals surface area contributed by atoms with Crippen molar-refractivity contribution in [3.8, 4) is 0 Å². The summed E-state index contributed by atoms with van der Waals surface area (Å²) in [5.41, 5.74) is 0. The molecule has 0 aromatic heterocycles. The molecule has 1 N–H and O–H groups in total. The summed E-state index contributed by atoms with van der Waals surface area (Å²) in [4.78, 5) is 0. The van der Waals surface area contributed by atoms with Gasteiger partial charge in [0.2, 0.25) is 0 Å². The Morgan fingerprint density at radius 2 is 2.00 bits per heavy atom. The van der Waals surface area contributed by atoms with E-state index in [2.05, 4.69) is 13.8 Å². The zero-order valence-corrected chi connectivity index (χ0v) is 12.6. The highest BCUT2D eigenvalue weighted by atomic mass is 16.6. The van der Waals surface area contributed by atoms with E-state index < -0.39 is 0 Å². The Bertz CT molecular complexity index is 222. The Kier molecular flexibility index (Phi) is 8.62. The summed E-state index contributed by atoms with van der Waals surface area (Å²) < 4.78 is 16.5. The van der Waals surface area contributed by atoms with Crippen molar-refractivity contribution < 1.29 is 19.3 Å². The number of hydrogen-bond acceptors (Lipinski definition) is 4. The second-order valence-corrected chi connectivity index (χ2v) is 5.42. The fraction of sp³-hybridized carbons (Fsp3) is 1.00. The Morgan fingerprint density at radius 1 is 1.21 bits per heavy atom. The zero-order valence-electron chi connectivity index (χ0n) is 12.6. The molecule has 1 aliphatic carbocycles. The smallest absolute Gasteiger partial charge is 0.110 e. The number of methoxy groups -OCH3 is 1. The second kappa shape index (κ2) is 9.70. The highest BCUT2D eigenvalue weighted by Gasteiger charge is 2.41. The minimum atomic E-state index is -0.377. The van der Waals surface area contributed by atoms with Gasteiger partial charge in [0.15, 0.2) is 0 Å². The molecule has 0 radical (unpaired) electrons. The van der Waals surface area contributed by atoms with Gasteiger partial charge >= 0.3 is 0 Å². The fourth-order valence-electron chi connectivity index (χ4n) is 2.36. The van der Waals surface area contributed by atoms with Gasteiger partial charge in [-0.1, -0.05) is 33.1 Å². The van der Waals surface area contributed by atoms with Crippen LogP contribution >= 0.6 is 0 Å². The average Bonchev–Trinajstić information content (AvgIpc) is 2.42. The van der Waals surface area contributed by atoms with Gasteiger partial charge in [0.25, 0.3) is 0 Å². The molecule has 4 unspecified atom stereocenters. The second-order valence-electron chi connectivity index (χ2n) is 5.42. The summed E-state index contributed by atoms with van der Waals surface area (Å²) >= 11 is 0. The van der Waals surface area contributed by atoms with E-state index in [4.69, 9.17) is 14.2 Å². The van der Waals surface area contributed by atoms with E-state index >= 15 is 0 Å². The van der Waals surface area contributed by atoms with Crippen molar-refractivity contribution in [2.24, 2.45) is 5.92 Å². The Labute approximate surface area is 117 Å². The molecule has 0 bridgehead atoms. The fourth-order valence-corrected chi connectivity index (χ4v) is 2.36. The molecule has 0 aromatic carbocycles. The van der Waals surface area contributed by atoms with Crippen molar-refractivity contribution in [3.05, 3.63) is 0 Å². The van der Waals surface area contributed by atoms with Crippen LogP contribution in [0, 0.1) is 5.92 Å². The molecular weight excluding hydrogens is 244 g/mol. The molecule has 1 rings (SSSR count). The van der Waals surface area contributed by atoms with Gasteiger partial charge in [-0.15, -0.1) is 0 Å². The van der Waals surface area contributed by atoms with E-state index in [0.717, 1.165) is 13.0 Å². The maximum Gasteiger partial charge on any atom is 0.110 e. The van der Waals surface area contributed by atoms with Gasteiger partial charge in [-0.05, 0) is 12.3 Å². The number of ether oxygens (including phenoxy) is 3. The average molecular weight is 274 g/mol. The minimum Gasteiger partial charge on any atom is -0.390 e. The predicted octanol–water partition coefficient (Wildman–Crippen LogP) is 2.38. The Morgan fingerprint density at radius 3 is 2.58 bits per heavy atom. The molecule has 4 heteroatoms. The third kappa shape index (κ3) is 5.78. The van der Waals surface area contributed by atoms with Gasteiger partial charge in [0.05, 0.1) is 25.4 Å². The van der Waals surface area contributed by atoms with Crippen LogP contribution in [0.3, 0.4) is 0 Å². The van der Waals surface area contributed by atoms with Crippen LogP contribution in [-0.4, -0.2) is 50.3 Å². The lowest BCUT2D eigenvalue weighted by molar-refractivity contribution is -0.199. The van der Waals surface area contributed by atoms with Crippen LogP contribution < -0.4 is 0 Å². The van der Waals surface area contributed by atoms with Crippen LogP contribution in [0.1, 0.15) is 46.0 Å². The highest BCUT2D eigenvalue weighted by molar-refractivity contribution is 4.92. The number of unbranched alkanes of at least 4 members (excludes halogenated alkanes) is 1. The van der Waals surface area contributed by atoms with Crippen LogP contribution in [0.4, 0.5) is 0 Å². The Balaban J connectivity index is 2.20. The van der Waals surface area contributed by atoms with Gasteiger partial charge in [0.1, 0.15) is 6.10 Å². The molecule has 0 spiro atoms. The third-order valence-electron chi connectivity index (χ3n) is 3.91. The zero-order chi connectivity index (χ0) is 14.1. The molecule has 4 atom stereocenters. The van der Waals surface area contributed by atoms with Gasteiger partial charge in [-0.2, -0.15) is 0 Å². The van der Waals surface area contributed by atoms with Gasteiger partial charge in [-0.25, -0.2) is 0 Å². The standard InChI is InChI=1S/C15H30O4/c1-4-6-7-12(5-2)11-19-14-10-13(16)15(14)18-9-8-17-3/h12-16H,4-11H2,1-3H3. The third-order valence-corrected chi connectivity index (χ3v) is 3.91. The van der Waals surface area contributed by atoms with Crippen LogP contribution in [0.5, 0.6) is 0 Å². The summed E-state index contributed by atoms with van der Waals surface area (Å²) in [6, 6.07) is 0. The lowest BCUT2D eigenvalue weighted by atomic mass is 9.87. The first-order valence-corrected chi connectivity index (χ1v) is 7.63. The molecule has 19 heavy (non-hydrogen) atoms. The van der Waals surface area contributed by atoms with Gasteiger partial charge in [0, 0.05) is 20.1 Å². The molecule has 0 aromatic rings. The quantitative estimate of drug-likeness (QED) is 0.588. The normalized spacial score (nSPS) is 28.1. The summed E-state index contributed by atoms with van der Waals surface area (Å²) in [5, 5.41) is 9.70. The molecule has 0 aliphatic heterocycles. The molecule has 1 fully saturated rings. The number of hydrogen-bond donors (Lipinski definition) is 1. The SMILES string of the molecule is CCCCC(CC)COC1CC(O)C1OCCOC. The van der Waals surface area contributed by atoms with Crippen molar-refractivity contribution in [2.75, 3.05) is 26.9 Å². The minimum absolute atomic E-state index is 0.0579. The monoisotopic (exact) mass is 274 g/mol. The molecular formula is C15H30O4. The number of aliphatic hydroxyl groups is 1. The van der Waals surface area contributed by atoms with E-state index in [-0.39, 0.29) is 18.3 Å². The predicted molar refractivity (Wildman–Crippen MR) is 75.3 cm³/mol. The van der Waals surface area contributed by atoms with E-state index in [1.807, 2.05) is 0 Å². The van der Waals surface area contributed by atoms with Gasteiger partial charge < -0.3 is 19.3 Å². The maximum atomic E-state index is 9.70. The van der Waals surface area contributed by atoms with Gasteiger partial charge in [-0.3, -0.25) is 0 Å². The van der Waals surface area contributed by atoms with Crippen LogP contribution in [0.25, 0.3) is 0 Å². The van der Waals surface area contributed by atoms with Crippen molar-refractivity contribution >= 4 is 0 Å². The van der Waals surface area contributed by atoms with Crippen LogP contribution in [0.15, 0.2) is 0 Å². The van der Waals surface area contributed by atoms with Crippen molar-refractivity contribution in [1.29, 1.82) is 0 Å². The number of aliphatic hydroxyl groups excluding tert-OH is 1. The molecule has 0 amide bonds. The highest BCUT2D eigenvalue weighted by Crippen LogP contribution is 2.28. The molecule has 1 saturated carbocycles. The lowest BCUT2D eigenvalue weighted by Crippen LogP contribution is -2.54. The van der Waals surface area contributed by atoms with Crippen molar-refractivity contribution in [3.63, 3.8) is 0 Å². The largest absolute Gasteiger partial charge is 0.390 e. The molecule has 0 saturated heterocycles. The summed E-state index contributed by atoms with van der Waals surface area (Å²) in [5.74, 6) is 0.636. The van der Waals surface area contributed by atoms with E-state index in [9.17, 15) is 5.11 Å². The van der Waals surface area contributed by atoms with E-state index in [0.29, 0.717) is 25.6 Å². The first-order chi connectivity index (χ1) is 9.22.